The first-order chi connectivity index (χ1) is 14.7. The molecule has 3 aromatic rings. The Kier molecular flexibility index (Phi) is 6.95. The summed E-state index contributed by atoms with van der Waals surface area (Å²) in [6, 6.07) is 21.4. The monoisotopic (exact) mass is 408 g/mol. The fourth-order valence-corrected chi connectivity index (χ4v) is 3.78. The van der Waals surface area contributed by atoms with Crippen LogP contribution in [-0.4, -0.2) is 39.9 Å². The molecule has 0 saturated heterocycles. The first-order valence-electron chi connectivity index (χ1n) is 10.6. The summed E-state index contributed by atoms with van der Waals surface area (Å²) in [5.41, 5.74) is 3.22. The minimum absolute atomic E-state index is 0.209. The second-order valence-electron chi connectivity index (χ2n) is 8.07. The molecule has 30 heavy (non-hydrogen) atoms. The maximum absolute atomic E-state index is 13.5. The van der Waals surface area contributed by atoms with Crippen molar-refractivity contribution in [2.45, 2.75) is 44.7 Å². The molecular weight excluding hydrogens is 379 g/mol. The van der Waals surface area contributed by atoms with E-state index in [1.54, 1.807) is 12.1 Å². The van der Waals surface area contributed by atoms with Gasteiger partial charge in [0, 0.05) is 37.6 Å². The van der Waals surface area contributed by atoms with Crippen molar-refractivity contribution in [2.75, 3.05) is 13.2 Å². The lowest BCUT2D eigenvalue weighted by Crippen LogP contribution is -2.36. The second-order valence-corrected chi connectivity index (χ2v) is 8.07. The maximum Gasteiger partial charge on any atom is 0.123 e. The summed E-state index contributed by atoms with van der Waals surface area (Å²) in [7, 11) is 0. The Morgan fingerprint density at radius 2 is 1.83 bits per heavy atom. The van der Waals surface area contributed by atoms with E-state index in [1.807, 2.05) is 48.7 Å². The number of ether oxygens (including phenoxy) is 1. The second kappa shape index (κ2) is 10.0. The molecule has 1 unspecified atom stereocenters. The molecule has 1 fully saturated rings. The van der Waals surface area contributed by atoms with Gasteiger partial charge in [-0.25, -0.2) is 4.39 Å². The number of nitrogens with zero attached hydrogens (tertiary/aromatic N) is 2. The van der Waals surface area contributed by atoms with Gasteiger partial charge in [0.25, 0.3) is 0 Å². The van der Waals surface area contributed by atoms with Gasteiger partial charge in [0.15, 0.2) is 0 Å². The van der Waals surface area contributed by atoms with Gasteiger partial charge in [-0.1, -0.05) is 42.5 Å². The molecule has 1 atom stereocenters. The van der Waals surface area contributed by atoms with E-state index >= 15 is 0 Å². The summed E-state index contributed by atoms with van der Waals surface area (Å²) >= 11 is 0. The number of aliphatic hydroxyl groups is 1. The first-order valence-corrected chi connectivity index (χ1v) is 10.6. The Morgan fingerprint density at radius 1 is 1.03 bits per heavy atom. The van der Waals surface area contributed by atoms with E-state index < -0.39 is 6.10 Å². The number of halogens is 1. The lowest BCUT2D eigenvalue weighted by Gasteiger charge is -2.25. The molecule has 1 aliphatic rings. The highest BCUT2D eigenvalue weighted by atomic mass is 19.1. The molecule has 1 saturated carbocycles. The smallest absolute Gasteiger partial charge is 0.123 e. The van der Waals surface area contributed by atoms with Crippen LogP contribution >= 0.6 is 0 Å². The van der Waals surface area contributed by atoms with Gasteiger partial charge in [-0.15, -0.1) is 0 Å². The molecule has 158 valence electrons. The number of hydrogen-bond donors (Lipinski definition) is 1. The maximum atomic E-state index is 13.5. The van der Waals surface area contributed by atoms with Gasteiger partial charge >= 0.3 is 0 Å². The van der Waals surface area contributed by atoms with Crippen molar-refractivity contribution >= 4 is 0 Å². The van der Waals surface area contributed by atoms with Gasteiger partial charge in [0.05, 0.1) is 19.3 Å². The molecule has 1 N–H and O–H groups in total. The van der Waals surface area contributed by atoms with Crippen LogP contribution < -0.4 is 0 Å². The van der Waals surface area contributed by atoms with Gasteiger partial charge in [-0.2, -0.15) is 0 Å². The minimum Gasteiger partial charge on any atom is -0.389 e. The summed E-state index contributed by atoms with van der Waals surface area (Å²) in [5, 5.41) is 10.5. The van der Waals surface area contributed by atoms with Crippen LogP contribution in [0.3, 0.4) is 0 Å². The highest BCUT2D eigenvalue weighted by Crippen LogP contribution is 2.28. The Morgan fingerprint density at radius 3 is 2.60 bits per heavy atom. The van der Waals surface area contributed by atoms with E-state index in [-0.39, 0.29) is 5.82 Å². The van der Waals surface area contributed by atoms with E-state index in [1.165, 1.54) is 24.6 Å². The van der Waals surface area contributed by atoms with Crippen LogP contribution in [0, 0.1) is 5.82 Å². The van der Waals surface area contributed by atoms with Crippen LogP contribution in [0.2, 0.25) is 0 Å². The first kappa shape index (κ1) is 20.8. The molecule has 0 bridgehead atoms. The Labute approximate surface area is 177 Å². The lowest BCUT2D eigenvalue weighted by atomic mass is 10.2. The summed E-state index contributed by atoms with van der Waals surface area (Å²) < 4.78 is 21.4. The van der Waals surface area contributed by atoms with Crippen LogP contribution in [-0.2, 0) is 24.4 Å². The Bertz CT molecular complexity index is 924. The zero-order valence-corrected chi connectivity index (χ0v) is 17.2. The van der Waals surface area contributed by atoms with Crippen molar-refractivity contribution in [2.24, 2.45) is 0 Å². The summed E-state index contributed by atoms with van der Waals surface area (Å²) in [6.45, 7) is 2.83. The Hall–Kier alpha value is -2.47. The number of rotatable bonds is 11. The van der Waals surface area contributed by atoms with Gasteiger partial charge in [0.2, 0.25) is 0 Å². The van der Waals surface area contributed by atoms with E-state index in [4.69, 9.17) is 4.74 Å². The molecule has 0 radical (unpaired) electrons. The van der Waals surface area contributed by atoms with Crippen LogP contribution in [0.4, 0.5) is 4.39 Å². The predicted octanol–water partition coefficient (Wildman–Crippen LogP) is 4.22. The number of aromatic nitrogens is 1. The standard InChI is InChI=1S/C25H29FN2O2/c26-22-9-4-8-21(14-22)15-27-13-5-10-24(27)16-28(23-11-12-23)17-25(29)19-30-18-20-6-2-1-3-7-20/h1-10,13-14,23,25,29H,11-12,15-19H2. The van der Waals surface area contributed by atoms with Crippen LogP contribution in [0.5, 0.6) is 0 Å². The van der Waals surface area contributed by atoms with E-state index in [0.717, 1.165) is 17.7 Å². The van der Waals surface area contributed by atoms with Crippen LogP contribution in [0.1, 0.15) is 29.7 Å². The normalized spacial score (nSPS) is 14.9. The van der Waals surface area contributed by atoms with Crippen LogP contribution in [0.15, 0.2) is 72.9 Å². The molecule has 1 aliphatic carbocycles. The molecule has 1 aromatic heterocycles. The number of aliphatic hydroxyl groups excluding tert-OH is 1. The highest BCUT2D eigenvalue weighted by Gasteiger charge is 2.30. The fraction of sp³-hybridized carbons (Fsp3) is 0.360. The quantitative estimate of drug-likeness (QED) is 0.516. The van der Waals surface area contributed by atoms with Gasteiger partial charge in [0.1, 0.15) is 5.82 Å². The molecule has 5 heteroatoms. The third kappa shape index (κ3) is 6.02. The molecule has 0 aliphatic heterocycles. The van der Waals surface area contributed by atoms with E-state index in [9.17, 15) is 9.50 Å². The molecule has 4 nitrogen and oxygen atoms in total. The number of benzene rings is 2. The number of hydrogen-bond acceptors (Lipinski definition) is 3. The van der Waals surface area contributed by atoms with Crippen molar-refractivity contribution < 1.29 is 14.2 Å². The molecule has 0 amide bonds. The minimum atomic E-state index is -0.527. The topological polar surface area (TPSA) is 37.6 Å². The zero-order chi connectivity index (χ0) is 20.8. The third-order valence-corrected chi connectivity index (χ3v) is 5.46. The fourth-order valence-electron chi connectivity index (χ4n) is 3.78. The summed E-state index contributed by atoms with van der Waals surface area (Å²) in [5.74, 6) is -0.209. The van der Waals surface area contributed by atoms with Crippen molar-refractivity contribution in [3.63, 3.8) is 0 Å². The van der Waals surface area contributed by atoms with E-state index in [2.05, 4.69) is 15.5 Å². The molecule has 1 heterocycles. The third-order valence-electron chi connectivity index (χ3n) is 5.46. The zero-order valence-electron chi connectivity index (χ0n) is 17.2. The van der Waals surface area contributed by atoms with Crippen molar-refractivity contribution in [3.05, 3.63) is 95.6 Å². The summed E-state index contributed by atoms with van der Waals surface area (Å²) in [6.07, 6.45) is 3.84. The molecule has 0 spiro atoms. The van der Waals surface area contributed by atoms with Gasteiger partial charge < -0.3 is 14.4 Å². The molecule has 4 rings (SSSR count). The molecular formula is C25H29FN2O2. The van der Waals surface area contributed by atoms with E-state index in [0.29, 0.717) is 32.3 Å². The SMILES string of the molecule is OC(COCc1ccccc1)CN(Cc1cccn1Cc1cccc(F)c1)C1CC1. The molecule has 2 aromatic carbocycles. The average Bonchev–Trinajstić information content (AvgIpc) is 3.50. The highest BCUT2D eigenvalue weighted by molar-refractivity contribution is 5.19. The van der Waals surface area contributed by atoms with Gasteiger partial charge in [-0.3, -0.25) is 4.90 Å². The van der Waals surface area contributed by atoms with Crippen molar-refractivity contribution in [1.82, 2.24) is 9.47 Å². The Balaban J connectivity index is 1.31. The summed E-state index contributed by atoms with van der Waals surface area (Å²) in [4.78, 5) is 2.34. The van der Waals surface area contributed by atoms with Crippen LogP contribution in [0.25, 0.3) is 0 Å². The van der Waals surface area contributed by atoms with Crippen molar-refractivity contribution in [1.29, 1.82) is 0 Å². The lowest BCUT2D eigenvalue weighted by molar-refractivity contribution is 0.00672. The average molecular weight is 409 g/mol. The largest absolute Gasteiger partial charge is 0.389 e. The van der Waals surface area contributed by atoms with Crippen molar-refractivity contribution in [3.8, 4) is 0 Å². The predicted molar refractivity (Wildman–Crippen MR) is 115 cm³/mol. The van der Waals surface area contributed by atoms with Gasteiger partial charge in [-0.05, 0) is 48.2 Å².